The minimum atomic E-state index is -0.328. The second-order valence-electron chi connectivity index (χ2n) is 9.58. The van der Waals surface area contributed by atoms with Crippen molar-refractivity contribution in [2.75, 3.05) is 32.8 Å². The summed E-state index contributed by atoms with van der Waals surface area (Å²) in [7, 11) is 0. The number of carbonyl (C=O) groups excluding carboxylic acids is 1. The Morgan fingerprint density at radius 1 is 1.05 bits per heavy atom. The van der Waals surface area contributed by atoms with Crippen LogP contribution in [0.5, 0.6) is 0 Å². The molecule has 1 saturated heterocycles. The molecule has 0 saturated carbocycles. The van der Waals surface area contributed by atoms with Crippen molar-refractivity contribution in [2.45, 2.75) is 26.3 Å². The Kier molecular flexibility index (Phi) is 8.49. The quantitative estimate of drug-likeness (QED) is 0.414. The van der Waals surface area contributed by atoms with Crippen LogP contribution in [-0.2, 0) is 16.1 Å². The Labute approximate surface area is 233 Å². The molecule has 0 spiro atoms. The molecule has 1 aromatic heterocycles. The highest BCUT2D eigenvalue weighted by atomic mass is 19.1. The Balaban J connectivity index is 1.32. The second-order valence-corrected chi connectivity index (χ2v) is 9.58. The van der Waals surface area contributed by atoms with E-state index >= 15 is 0 Å². The standard InChI is InChI=1S/C31H33FN6O2/c1-3-23-8-10-25(11-9-23)31-34-30(24-12-14-26(32)15-13-24)35-38(31)22-29(39)37-19-17-36(18-20-37)27-7-5-6-16-33-28(21-27)40-4-2/h3,6,8-16,21H,1,4-5,7,17-20,22H2,2H3/b16-6-,27-21?,33-28?. The number of aromatic nitrogens is 3. The van der Waals surface area contributed by atoms with Gasteiger partial charge in [-0.3, -0.25) is 4.79 Å². The van der Waals surface area contributed by atoms with E-state index < -0.39 is 0 Å². The van der Waals surface area contributed by atoms with Gasteiger partial charge in [-0.15, -0.1) is 5.10 Å². The number of piperazine rings is 1. The van der Waals surface area contributed by atoms with Crippen molar-refractivity contribution < 1.29 is 13.9 Å². The first-order valence-electron chi connectivity index (χ1n) is 13.6. The monoisotopic (exact) mass is 540 g/mol. The maximum Gasteiger partial charge on any atom is 0.244 e. The van der Waals surface area contributed by atoms with E-state index in [0.717, 1.165) is 37.1 Å². The van der Waals surface area contributed by atoms with Crippen LogP contribution in [0.15, 0.2) is 84.2 Å². The number of hydrogen-bond donors (Lipinski definition) is 0. The zero-order valence-corrected chi connectivity index (χ0v) is 22.7. The van der Waals surface area contributed by atoms with Gasteiger partial charge in [0.25, 0.3) is 0 Å². The van der Waals surface area contributed by atoms with Crippen LogP contribution in [-0.4, -0.2) is 69.2 Å². The van der Waals surface area contributed by atoms with E-state index in [-0.39, 0.29) is 18.3 Å². The van der Waals surface area contributed by atoms with Crippen molar-refractivity contribution in [2.24, 2.45) is 4.99 Å². The summed E-state index contributed by atoms with van der Waals surface area (Å²) in [5.74, 6) is 1.29. The molecule has 2 aromatic carbocycles. The fourth-order valence-corrected chi connectivity index (χ4v) is 4.79. The highest BCUT2D eigenvalue weighted by molar-refractivity contribution is 5.88. The molecule has 3 heterocycles. The van der Waals surface area contributed by atoms with Gasteiger partial charge in [0.15, 0.2) is 11.6 Å². The number of benzene rings is 2. The normalized spacial score (nSPS) is 16.4. The molecule has 0 aliphatic carbocycles. The van der Waals surface area contributed by atoms with Gasteiger partial charge in [0.1, 0.15) is 12.4 Å². The van der Waals surface area contributed by atoms with Crippen LogP contribution in [0.1, 0.15) is 25.3 Å². The van der Waals surface area contributed by atoms with Crippen LogP contribution in [0.3, 0.4) is 0 Å². The maximum atomic E-state index is 13.5. The molecule has 0 atom stereocenters. The molecular formula is C31H33FN6O2. The van der Waals surface area contributed by atoms with E-state index in [0.29, 0.717) is 42.8 Å². The van der Waals surface area contributed by atoms with Gasteiger partial charge >= 0.3 is 0 Å². The molecule has 3 aromatic rings. The largest absolute Gasteiger partial charge is 0.478 e. The Morgan fingerprint density at radius 2 is 1.77 bits per heavy atom. The zero-order valence-electron chi connectivity index (χ0n) is 22.7. The SMILES string of the molecule is C=Cc1ccc(-c2nc(-c3ccc(F)cc3)nn2CC(=O)N2CCN(C3=CC(OCC)=N/C=C\CC3)CC2)cc1. The molecule has 0 radical (unpaired) electrons. The number of halogens is 1. The number of aliphatic imine (C=N–C) groups is 1. The number of carbonyl (C=O) groups is 1. The maximum absolute atomic E-state index is 13.5. The van der Waals surface area contributed by atoms with E-state index in [1.807, 2.05) is 48.2 Å². The molecule has 2 aliphatic heterocycles. The number of allylic oxidation sites excluding steroid dienone is 2. The fraction of sp³-hybridized carbons (Fsp3) is 0.290. The van der Waals surface area contributed by atoms with E-state index in [1.54, 1.807) is 29.1 Å². The predicted molar refractivity (Wildman–Crippen MR) is 155 cm³/mol. The van der Waals surface area contributed by atoms with Crippen LogP contribution >= 0.6 is 0 Å². The highest BCUT2D eigenvalue weighted by Gasteiger charge is 2.25. The van der Waals surface area contributed by atoms with E-state index in [9.17, 15) is 9.18 Å². The van der Waals surface area contributed by atoms with Crippen molar-refractivity contribution in [1.29, 1.82) is 0 Å². The molecule has 40 heavy (non-hydrogen) atoms. The Bertz CT molecular complexity index is 1430. The van der Waals surface area contributed by atoms with E-state index in [2.05, 4.69) is 21.6 Å². The first-order chi connectivity index (χ1) is 19.5. The number of nitrogens with zero attached hydrogens (tertiary/aromatic N) is 6. The van der Waals surface area contributed by atoms with Gasteiger partial charge in [-0.2, -0.15) is 0 Å². The average Bonchev–Trinajstić information content (AvgIpc) is 3.38. The number of hydrogen-bond acceptors (Lipinski definition) is 6. The topological polar surface area (TPSA) is 75.9 Å². The number of rotatable bonds is 7. The Morgan fingerprint density at radius 3 is 2.48 bits per heavy atom. The lowest BCUT2D eigenvalue weighted by atomic mass is 10.1. The molecule has 0 unspecified atom stereocenters. The summed E-state index contributed by atoms with van der Waals surface area (Å²) in [6.07, 6.45) is 9.44. The molecule has 2 aliphatic rings. The lowest BCUT2D eigenvalue weighted by Gasteiger charge is -2.37. The summed E-state index contributed by atoms with van der Waals surface area (Å²) in [5, 5.41) is 4.66. The molecule has 206 valence electrons. The molecule has 0 N–H and O–H groups in total. The van der Waals surface area contributed by atoms with Gasteiger partial charge in [0.05, 0.1) is 6.61 Å². The molecule has 0 bridgehead atoms. The lowest BCUT2D eigenvalue weighted by molar-refractivity contribution is -0.133. The molecule has 1 fully saturated rings. The van der Waals surface area contributed by atoms with Crippen molar-refractivity contribution in [1.82, 2.24) is 24.6 Å². The van der Waals surface area contributed by atoms with Crippen molar-refractivity contribution in [3.63, 3.8) is 0 Å². The number of amides is 1. The predicted octanol–water partition coefficient (Wildman–Crippen LogP) is 5.16. The molecule has 9 heteroatoms. The van der Waals surface area contributed by atoms with Crippen LogP contribution in [0, 0.1) is 5.82 Å². The first-order valence-corrected chi connectivity index (χ1v) is 13.6. The third-order valence-electron chi connectivity index (χ3n) is 6.96. The van der Waals surface area contributed by atoms with Crippen LogP contribution < -0.4 is 0 Å². The summed E-state index contributed by atoms with van der Waals surface area (Å²) < 4.78 is 20.8. The molecule has 5 rings (SSSR count). The average molecular weight is 541 g/mol. The summed E-state index contributed by atoms with van der Waals surface area (Å²) >= 11 is 0. The molecular weight excluding hydrogens is 507 g/mol. The summed E-state index contributed by atoms with van der Waals surface area (Å²) in [6.45, 7) is 9.05. The fourth-order valence-electron chi connectivity index (χ4n) is 4.79. The first kappa shape index (κ1) is 27.1. The lowest BCUT2D eigenvalue weighted by Crippen LogP contribution is -2.49. The van der Waals surface area contributed by atoms with Gasteiger partial charge in [-0.1, -0.05) is 43.0 Å². The zero-order chi connectivity index (χ0) is 27.9. The third-order valence-corrected chi connectivity index (χ3v) is 6.96. The minimum Gasteiger partial charge on any atom is -0.478 e. The van der Waals surface area contributed by atoms with Gasteiger partial charge in [0, 0.05) is 55.3 Å². The van der Waals surface area contributed by atoms with E-state index in [1.165, 1.54) is 17.8 Å². The van der Waals surface area contributed by atoms with Crippen molar-refractivity contribution in [3.8, 4) is 22.8 Å². The van der Waals surface area contributed by atoms with Crippen molar-refractivity contribution in [3.05, 3.63) is 90.5 Å². The van der Waals surface area contributed by atoms with Crippen LogP contribution in [0.25, 0.3) is 28.9 Å². The summed E-state index contributed by atoms with van der Waals surface area (Å²) in [5.41, 5.74) is 3.68. The Hall–Kier alpha value is -4.53. The van der Waals surface area contributed by atoms with Gasteiger partial charge in [0.2, 0.25) is 11.8 Å². The van der Waals surface area contributed by atoms with Gasteiger partial charge in [-0.05, 0) is 49.6 Å². The minimum absolute atomic E-state index is 0.0229. The van der Waals surface area contributed by atoms with Gasteiger partial charge < -0.3 is 14.5 Å². The summed E-state index contributed by atoms with van der Waals surface area (Å²) in [6, 6.07) is 13.8. The number of ether oxygens (including phenoxy) is 1. The smallest absolute Gasteiger partial charge is 0.244 e. The highest BCUT2D eigenvalue weighted by Crippen LogP contribution is 2.24. The van der Waals surface area contributed by atoms with Crippen LogP contribution in [0.2, 0.25) is 0 Å². The van der Waals surface area contributed by atoms with E-state index in [4.69, 9.17) is 9.72 Å². The third kappa shape index (κ3) is 6.36. The van der Waals surface area contributed by atoms with Crippen molar-refractivity contribution >= 4 is 17.9 Å². The van der Waals surface area contributed by atoms with Crippen LogP contribution in [0.4, 0.5) is 4.39 Å². The summed E-state index contributed by atoms with van der Waals surface area (Å²) in [4.78, 5) is 26.8. The molecule has 8 nitrogen and oxygen atoms in total. The molecule has 1 amide bonds. The van der Waals surface area contributed by atoms with Gasteiger partial charge in [-0.25, -0.2) is 19.0 Å². The second kappa shape index (κ2) is 12.5.